The van der Waals surface area contributed by atoms with Gasteiger partial charge < -0.3 is 20.1 Å². The molecule has 0 aromatic rings. The fourth-order valence-electron chi connectivity index (χ4n) is 1.97. The van der Waals surface area contributed by atoms with E-state index in [1.165, 1.54) is 0 Å². The van der Waals surface area contributed by atoms with E-state index in [0.717, 1.165) is 12.8 Å². The van der Waals surface area contributed by atoms with Crippen LogP contribution in [0.25, 0.3) is 0 Å². The highest BCUT2D eigenvalue weighted by atomic mass is 16.5. The van der Waals surface area contributed by atoms with Crippen LogP contribution in [0.5, 0.6) is 0 Å². The highest BCUT2D eigenvalue weighted by molar-refractivity contribution is 5.94. The molecule has 2 rings (SSSR count). The summed E-state index contributed by atoms with van der Waals surface area (Å²) in [5.41, 5.74) is 0.573. The molecule has 1 saturated carbocycles. The molecule has 1 atom stereocenters. The molecule has 20 heavy (non-hydrogen) atoms. The van der Waals surface area contributed by atoms with Crippen LogP contribution in [-0.2, 0) is 19.1 Å². The van der Waals surface area contributed by atoms with Crippen molar-refractivity contribution in [2.75, 3.05) is 13.2 Å². The second-order valence-electron chi connectivity index (χ2n) is 4.81. The van der Waals surface area contributed by atoms with Gasteiger partial charge in [-0.25, -0.2) is 9.59 Å². The van der Waals surface area contributed by atoms with E-state index in [2.05, 4.69) is 10.6 Å². The second kappa shape index (κ2) is 5.94. The van der Waals surface area contributed by atoms with Crippen molar-refractivity contribution in [3.05, 3.63) is 11.3 Å². The van der Waals surface area contributed by atoms with Gasteiger partial charge in [-0.15, -0.1) is 0 Å². The molecule has 1 fully saturated rings. The van der Waals surface area contributed by atoms with Gasteiger partial charge in [-0.05, 0) is 26.7 Å². The van der Waals surface area contributed by atoms with Gasteiger partial charge in [0.1, 0.15) is 6.61 Å². The van der Waals surface area contributed by atoms with Crippen LogP contribution >= 0.6 is 0 Å². The zero-order valence-corrected chi connectivity index (χ0v) is 11.5. The number of ether oxygens (including phenoxy) is 2. The summed E-state index contributed by atoms with van der Waals surface area (Å²) in [5.74, 6) is -0.845. The number of esters is 2. The third-order valence-electron chi connectivity index (χ3n) is 3.13. The van der Waals surface area contributed by atoms with Crippen molar-refractivity contribution in [3.63, 3.8) is 0 Å². The molecule has 2 aliphatic rings. The molecule has 0 saturated heterocycles. The Balaban J connectivity index is 2.11. The first-order valence-corrected chi connectivity index (χ1v) is 6.67. The summed E-state index contributed by atoms with van der Waals surface area (Å²) in [7, 11) is 0. The topological polar surface area (TPSA) is 93.7 Å². The molecule has 0 aromatic carbocycles. The lowest BCUT2D eigenvalue weighted by atomic mass is 10.0. The van der Waals surface area contributed by atoms with Gasteiger partial charge in [-0.1, -0.05) is 0 Å². The Morgan fingerprint density at radius 1 is 1.30 bits per heavy atom. The number of carbonyl (C=O) groups is 3. The Labute approximate surface area is 116 Å². The molecular formula is C13H18N2O5. The van der Waals surface area contributed by atoms with Gasteiger partial charge in [0.05, 0.1) is 29.8 Å². The fourth-order valence-corrected chi connectivity index (χ4v) is 1.97. The second-order valence-corrected chi connectivity index (χ2v) is 4.81. The summed E-state index contributed by atoms with van der Waals surface area (Å²) in [4.78, 5) is 34.9. The maximum Gasteiger partial charge on any atom is 0.338 e. The average molecular weight is 282 g/mol. The number of nitrogens with one attached hydrogen (secondary N) is 2. The summed E-state index contributed by atoms with van der Waals surface area (Å²) < 4.78 is 10.1. The zero-order chi connectivity index (χ0) is 14.7. The van der Waals surface area contributed by atoms with Crippen LogP contribution in [-0.4, -0.2) is 37.2 Å². The van der Waals surface area contributed by atoms with Gasteiger partial charge in [0, 0.05) is 0 Å². The Hall–Kier alpha value is -2.05. The number of carbonyl (C=O) groups excluding carboxylic acids is 3. The van der Waals surface area contributed by atoms with E-state index in [9.17, 15) is 14.4 Å². The summed E-state index contributed by atoms with van der Waals surface area (Å²) in [6.45, 7) is 3.48. The van der Waals surface area contributed by atoms with E-state index in [-0.39, 0.29) is 36.4 Å². The molecule has 0 spiro atoms. The first-order chi connectivity index (χ1) is 9.52. The minimum absolute atomic E-state index is 0.0310. The molecule has 1 heterocycles. The molecule has 1 aliphatic carbocycles. The van der Waals surface area contributed by atoms with Crippen LogP contribution in [0.4, 0.5) is 4.79 Å². The highest BCUT2D eigenvalue weighted by Gasteiger charge is 2.33. The van der Waals surface area contributed by atoms with E-state index in [1.54, 1.807) is 13.8 Å². The molecule has 0 unspecified atom stereocenters. The van der Waals surface area contributed by atoms with Crippen LogP contribution in [0.3, 0.4) is 0 Å². The lowest BCUT2D eigenvalue weighted by molar-refractivity contribution is -0.145. The van der Waals surface area contributed by atoms with Crippen LogP contribution in [0.15, 0.2) is 11.3 Å². The zero-order valence-electron chi connectivity index (χ0n) is 11.5. The van der Waals surface area contributed by atoms with Gasteiger partial charge in [-0.2, -0.15) is 0 Å². The first kappa shape index (κ1) is 14.4. The molecule has 7 nitrogen and oxygen atoms in total. The summed E-state index contributed by atoms with van der Waals surface area (Å²) in [6, 6.07) is -0.916. The third-order valence-corrected chi connectivity index (χ3v) is 3.13. The van der Waals surface area contributed by atoms with Gasteiger partial charge in [0.2, 0.25) is 0 Å². The van der Waals surface area contributed by atoms with E-state index >= 15 is 0 Å². The van der Waals surface area contributed by atoms with E-state index in [1.807, 2.05) is 0 Å². The van der Waals surface area contributed by atoms with Crippen LogP contribution in [0.1, 0.15) is 26.7 Å². The van der Waals surface area contributed by atoms with Gasteiger partial charge >= 0.3 is 18.0 Å². The van der Waals surface area contributed by atoms with Crippen molar-refractivity contribution in [3.8, 4) is 0 Å². The van der Waals surface area contributed by atoms with Gasteiger partial charge in [0.15, 0.2) is 0 Å². The predicted molar refractivity (Wildman–Crippen MR) is 68.5 cm³/mol. The van der Waals surface area contributed by atoms with Crippen LogP contribution in [0, 0.1) is 5.92 Å². The number of hydrogen-bond donors (Lipinski definition) is 2. The molecule has 0 bridgehead atoms. The number of amides is 2. The third kappa shape index (κ3) is 3.28. The standard InChI is InChI=1S/C13H18N2O5/c1-3-19-12(17)10-7(2)14-13(18)15-9(10)6-20-11(16)8-4-5-8/h7-8H,3-6H2,1-2H3,(H2,14,15,18)/t7-/m1/s1. The Kier molecular flexibility index (Phi) is 4.26. The minimum Gasteiger partial charge on any atom is -0.463 e. The average Bonchev–Trinajstić information content (AvgIpc) is 3.19. The number of hydrogen-bond acceptors (Lipinski definition) is 5. The first-order valence-electron chi connectivity index (χ1n) is 6.67. The van der Waals surface area contributed by atoms with Crippen LogP contribution < -0.4 is 10.6 Å². The highest BCUT2D eigenvalue weighted by Crippen LogP contribution is 2.30. The molecule has 0 radical (unpaired) electrons. The SMILES string of the molecule is CCOC(=O)C1=C(COC(=O)C2CC2)NC(=O)N[C@@H]1C. The fraction of sp³-hybridized carbons (Fsp3) is 0.615. The maximum atomic E-state index is 11.9. The van der Waals surface area contributed by atoms with Crippen LogP contribution in [0.2, 0.25) is 0 Å². The lowest BCUT2D eigenvalue weighted by Gasteiger charge is -2.26. The molecule has 2 N–H and O–H groups in total. The van der Waals surface area contributed by atoms with Crippen molar-refractivity contribution in [1.29, 1.82) is 0 Å². The van der Waals surface area contributed by atoms with Crippen molar-refractivity contribution in [2.24, 2.45) is 5.92 Å². The lowest BCUT2D eigenvalue weighted by Crippen LogP contribution is -2.50. The van der Waals surface area contributed by atoms with E-state index in [4.69, 9.17) is 9.47 Å². The van der Waals surface area contributed by atoms with Crippen molar-refractivity contribution in [2.45, 2.75) is 32.7 Å². The van der Waals surface area contributed by atoms with Gasteiger partial charge in [0.25, 0.3) is 0 Å². The quantitative estimate of drug-likeness (QED) is 0.714. The molecule has 1 aliphatic heterocycles. The Morgan fingerprint density at radius 3 is 2.60 bits per heavy atom. The molecule has 0 aromatic heterocycles. The van der Waals surface area contributed by atoms with E-state index < -0.39 is 18.0 Å². The number of rotatable bonds is 5. The molecule has 2 amide bonds. The smallest absolute Gasteiger partial charge is 0.338 e. The summed E-state index contributed by atoms with van der Waals surface area (Å²) >= 11 is 0. The van der Waals surface area contributed by atoms with E-state index in [0.29, 0.717) is 0 Å². The maximum absolute atomic E-state index is 11.9. The molecule has 7 heteroatoms. The molecular weight excluding hydrogens is 264 g/mol. The number of urea groups is 1. The normalized spacial score (nSPS) is 21.9. The summed E-state index contributed by atoms with van der Waals surface area (Å²) in [5, 5.41) is 5.07. The summed E-state index contributed by atoms with van der Waals surface area (Å²) in [6.07, 6.45) is 1.68. The predicted octanol–water partition coefficient (Wildman–Crippen LogP) is 0.458. The monoisotopic (exact) mass is 282 g/mol. The minimum atomic E-state index is -0.523. The van der Waals surface area contributed by atoms with Crippen molar-refractivity contribution in [1.82, 2.24) is 10.6 Å². The Bertz CT molecular complexity index is 467. The largest absolute Gasteiger partial charge is 0.463 e. The van der Waals surface area contributed by atoms with Gasteiger partial charge in [-0.3, -0.25) is 4.79 Å². The molecule has 110 valence electrons. The Morgan fingerprint density at radius 2 is 2.00 bits per heavy atom. The van der Waals surface area contributed by atoms with Crippen molar-refractivity contribution >= 4 is 18.0 Å². The van der Waals surface area contributed by atoms with Crippen molar-refractivity contribution < 1.29 is 23.9 Å².